The van der Waals surface area contributed by atoms with E-state index in [1.54, 1.807) is 7.05 Å². The second kappa shape index (κ2) is 5.03. The normalized spacial score (nSPS) is 10.8. The molecule has 0 aromatic rings. The molecule has 0 aliphatic rings. The number of amides is 1. The molecule has 0 aliphatic heterocycles. The van der Waals surface area contributed by atoms with Crippen molar-refractivity contribution < 1.29 is 4.79 Å². The number of rotatable bonds is 3. The van der Waals surface area contributed by atoms with Gasteiger partial charge in [0.15, 0.2) is 0 Å². The number of hydrogen-bond acceptors (Lipinski definition) is 1. The monoisotopic (exact) mass is 141 g/mol. The van der Waals surface area contributed by atoms with E-state index in [0.717, 1.165) is 0 Å². The minimum atomic E-state index is 0.0666. The lowest BCUT2D eigenvalue weighted by Gasteiger charge is -1.94. The number of allylic oxidation sites excluding steroid dienone is 1. The van der Waals surface area contributed by atoms with E-state index in [1.807, 2.05) is 12.2 Å². The summed E-state index contributed by atoms with van der Waals surface area (Å²) in [6.45, 7) is 4.17. The van der Waals surface area contributed by atoms with Crippen molar-refractivity contribution >= 4 is 5.91 Å². The Kier molecular flexibility index (Phi) is 4.63. The molecule has 2 nitrogen and oxygen atoms in total. The first-order valence-electron chi connectivity index (χ1n) is 3.54. The third-order valence-electron chi connectivity index (χ3n) is 1.10. The lowest BCUT2D eigenvalue weighted by molar-refractivity contribution is -0.119. The molecule has 0 saturated carbocycles. The molecule has 0 saturated heterocycles. The second-order valence-electron chi connectivity index (χ2n) is 2.55. The van der Waals surface area contributed by atoms with E-state index in [2.05, 4.69) is 19.2 Å². The standard InChI is InChI=1S/C8H15NO/c1-7(2)5-4-6-8(10)9-3/h4-5,7H,6H2,1-3H3,(H,9,10)/b5-4+. The maximum Gasteiger partial charge on any atom is 0.223 e. The van der Waals surface area contributed by atoms with E-state index < -0.39 is 0 Å². The van der Waals surface area contributed by atoms with E-state index in [4.69, 9.17) is 0 Å². The molecule has 0 aromatic carbocycles. The molecule has 1 amide bonds. The van der Waals surface area contributed by atoms with Gasteiger partial charge in [0.05, 0.1) is 0 Å². The van der Waals surface area contributed by atoms with E-state index in [0.29, 0.717) is 12.3 Å². The van der Waals surface area contributed by atoms with Gasteiger partial charge >= 0.3 is 0 Å². The van der Waals surface area contributed by atoms with Crippen LogP contribution in [0.4, 0.5) is 0 Å². The summed E-state index contributed by atoms with van der Waals surface area (Å²) < 4.78 is 0. The van der Waals surface area contributed by atoms with Gasteiger partial charge in [0.2, 0.25) is 5.91 Å². The van der Waals surface area contributed by atoms with Crippen LogP contribution >= 0.6 is 0 Å². The van der Waals surface area contributed by atoms with Crippen LogP contribution in [-0.4, -0.2) is 13.0 Å². The van der Waals surface area contributed by atoms with E-state index >= 15 is 0 Å². The van der Waals surface area contributed by atoms with Crippen LogP contribution in [0.2, 0.25) is 0 Å². The average molecular weight is 141 g/mol. The summed E-state index contributed by atoms with van der Waals surface area (Å²) in [4.78, 5) is 10.6. The maximum absolute atomic E-state index is 10.6. The van der Waals surface area contributed by atoms with Gasteiger partial charge in [0, 0.05) is 13.5 Å². The zero-order valence-corrected chi connectivity index (χ0v) is 6.85. The van der Waals surface area contributed by atoms with Gasteiger partial charge in [0.1, 0.15) is 0 Å². The molecule has 0 aliphatic carbocycles. The first-order chi connectivity index (χ1) is 4.66. The van der Waals surface area contributed by atoms with Crippen LogP contribution < -0.4 is 5.32 Å². The van der Waals surface area contributed by atoms with Gasteiger partial charge in [-0.15, -0.1) is 0 Å². The van der Waals surface area contributed by atoms with Crippen molar-refractivity contribution in [2.45, 2.75) is 20.3 Å². The first-order valence-corrected chi connectivity index (χ1v) is 3.54. The van der Waals surface area contributed by atoms with Gasteiger partial charge in [-0.1, -0.05) is 26.0 Å². The zero-order valence-electron chi connectivity index (χ0n) is 6.85. The Morgan fingerprint density at radius 3 is 2.60 bits per heavy atom. The highest BCUT2D eigenvalue weighted by Crippen LogP contribution is 1.94. The van der Waals surface area contributed by atoms with Crippen molar-refractivity contribution in [3.63, 3.8) is 0 Å². The highest BCUT2D eigenvalue weighted by molar-refractivity contribution is 5.76. The summed E-state index contributed by atoms with van der Waals surface area (Å²) in [5, 5.41) is 2.55. The molecule has 0 fully saturated rings. The minimum absolute atomic E-state index is 0.0666. The molecule has 0 spiro atoms. The van der Waals surface area contributed by atoms with Crippen LogP contribution in [-0.2, 0) is 4.79 Å². The molecule has 0 unspecified atom stereocenters. The predicted molar refractivity (Wildman–Crippen MR) is 42.7 cm³/mol. The fraction of sp³-hybridized carbons (Fsp3) is 0.625. The van der Waals surface area contributed by atoms with E-state index in [1.165, 1.54) is 0 Å². The molecule has 0 radical (unpaired) electrons. The van der Waals surface area contributed by atoms with E-state index in [-0.39, 0.29) is 5.91 Å². The van der Waals surface area contributed by atoms with Crippen LogP contribution in [0.15, 0.2) is 12.2 Å². The highest BCUT2D eigenvalue weighted by atomic mass is 16.1. The second-order valence-corrected chi connectivity index (χ2v) is 2.55. The van der Waals surface area contributed by atoms with Crippen LogP contribution in [0, 0.1) is 5.92 Å². The Morgan fingerprint density at radius 2 is 2.20 bits per heavy atom. The Hall–Kier alpha value is -0.790. The third-order valence-corrected chi connectivity index (χ3v) is 1.10. The van der Waals surface area contributed by atoms with Crippen LogP contribution in [0.1, 0.15) is 20.3 Å². The molecule has 0 heterocycles. The quantitative estimate of drug-likeness (QED) is 0.590. The molecular formula is C8H15NO. The van der Waals surface area contributed by atoms with Crippen molar-refractivity contribution in [2.24, 2.45) is 5.92 Å². The first kappa shape index (κ1) is 9.21. The lowest BCUT2D eigenvalue weighted by Crippen LogP contribution is -2.15. The van der Waals surface area contributed by atoms with Crippen molar-refractivity contribution in [3.05, 3.63) is 12.2 Å². The number of hydrogen-bond donors (Lipinski definition) is 1. The van der Waals surface area contributed by atoms with E-state index in [9.17, 15) is 4.79 Å². The fourth-order valence-electron chi connectivity index (χ4n) is 0.549. The summed E-state index contributed by atoms with van der Waals surface area (Å²) >= 11 is 0. The zero-order chi connectivity index (χ0) is 7.98. The summed E-state index contributed by atoms with van der Waals surface area (Å²) in [6, 6.07) is 0. The topological polar surface area (TPSA) is 29.1 Å². The van der Waals surface area contributed by atoms with Crippen LogP contribution in [0.5, 0.6) is 0 Å². The van der Waals surface area contributed by atoms with Gasteiger partial charge in [0.25, 0.3) is 0 Å². The SMILES string of the molecule is CNC(=O)C/C=C/C(C)C. The summed E-state index contributed by atoms with van der Waals surface area (Å²) in [5.41, 5.74) is 0. The summed E-state index contributed by atoms with van der Waals surface area (Å²) in [5.74, 6) is 0.599. The van der Waals surface area contributed by atoms with Crippen molar-refractivity contribution in [2.75, 3.05) is 7.05 Å². The molecule has 0 atom stereocenters. The van der Waals surface area contributed by atoms with Crippen LogP contribution in [0.25, 0.3) is 0 Å². The fourth-order valence-corrected chi connectivity index (χ4v) is 0.549. The molecular weight excluding hydrogens is 126 g/mol. The van der Waals surface area contributed by atoms with Crippen molar-refractivity contribution in [1.29, 1.82) is 0 Å². The third kappa shape index (κ3) is 5.35. The van der Waals surface area contributed by atoms with Gasteiger partial charge in [-0.25, -0.2) is 0 Å². The Bertz CT molecular complexity index is 127. The molecule has 2 heteroatoms. The molecule has 0 aromatic heterocycles. The van der Waals surface area contributed by atoms with Gasteiger partial charge in [-0.05, 0) is 5.92 Å². The number of nitrogens with one attached hydrogen (secondary N) is 1. The van der Waals surface area contributed by atoms with Crippen molar-refractivity contribution in [1.82, 2.24) is 5.32 Å². The molecule has 0 rings (SSSR count). The number of carbonyl (C=O) groups excluding carboxylic acids is 1. The predicted octanol–water partition coefficient (Wildman–Crippen LogP) is 1.33. The van der Waals surface area contributed by atoms with Crippen LogP contribution in [0.3, 0.4) is 0 Å². The maximum atomic E-state index is 10.6. The lowest BCUT2D eigenvalue weighted by atomic mass is 10.2. The average Bonchev–Trinajstić information content (AvgIpc) is 1.87. The smallest absolute Gasteiger partial charge is 0.223 e. The minimum Gasteiger partial charge on any atom is -0.359 e. The number of carbonyl (C=O) groups is 1. The molecule has 1 N–H and O–H groups in total. The largest absolute Gasteiger partial charge is 0.359 e. The van der Waals surface area contributed by atoms with Crippen molar-refractivity contribution in [3.8, 4) is 0 Å². The Morgan fingerprint density at radius 1 is 1.60 bits per heavy atom. The van der Waals surface area contributed by atoms with Gasteiger partial charge in [-0.3, -0.25) is 4.79 Å². The highest BCUT2D eigenvalue weighted by Gasteiger charge is 1.91. The molecule has 58 valence electrons. The summed E-state index contributed by atoms with van der Waals surface area (Å²) in [6.07, 6.45) is 4.41. The molecule has 0 bridgehead atoms. The van der Waals surface area contributed by atoms with Gasteiger partial charge in [-0.2, -0.15) is 0 Å². The molecule has 10 heavy (non-hydrogen) atoms. The summed E-state index contributed by atoms with van der Waals surface area (Å²) in [7, 11) is 1.64. The van der Waals surface area contributed by atoms with Gasteiger partial charge < -0.3 is 5.32 Å². The Balaban J connectivity index is 3.43. The Labute approximate surface area is 62.3 Å².